The molecule has 2 heterocycles. The van der Waals surface area contributed by atoms with Crippen LogP contribution in [0, 0.1) is 6.92 Å². The largest absolute Gasteiger partial charge is 0.492 e. The van der Waals surface area contributed by atoms with Gasteiger partial charge in [0.25, 0.3) is 5.56 Å². The van der Waals surface area contributed by atoms with Crippen LogP contribution in [0.1, 0.15) is 5.56 Å². The van der Waals surface area contributed by atoms with Crippen molar-refractivity contribution in [1.82, 2.24) is 19.3 Å². The second-order valence-electron chi connectivity index (χ2n) is 8.34. The van der Waals surface area contributed by atoms with Gasteiger partial charge in [0.15, 0.2) is 0 Å². The average Bonchev–Trinajstić information content (AvgIpc) is 3.29. The molecule has 0 saturated carbocycles. The molecule has 0 radical (unpaired) electrons. The van der Waals surface area contributed by atoms with Crippen molar-refractivity contribution in [3.05, 3.63) is 80.8 Å². The van der Waals surface area contributed by atoms with Crippen LogP contribution >= 0.6 is 34.5 Å². The highest BCUT2D eigenvalue weighted by molar-refractivity contribution is 7.89. The lowest BCUT2D eigenvalue weighted by molar-refractivity contribution is 0.323. The Labute approximate surface area is 226 Å². The number of halogens is 2. The number of benzene rings is 3. The van der Waals surface area contributed by atoms with Crippen molar-refractivity contribution in [3.8, 4) is 16.3 Å². The SMILES string of the molecule is Cc1cc(-c2nc3c(Cl)cc(OCCNS(=O)(=O)c4ccc(Cl)cc4)cc3s2)c2ncn(C)c(=O)c2c1. The summed E-state index contributed by atoms with van der Waals surface area (Å²) < 4.78 is 35.3. The number of nitrogens with one attached hydrogen (secondary N) is 1. The monoisotopic (exact) mass is 574 g/mol. The van der Waals surface area contributed by atoms with E-state index in [4.69, 9.17) is 32.9 Å². The number of nitrogens with zero attached hydrogens (tertiary/aromatic N) is 3. The van der Waals surface area contributed by atoms with Crippen LogP contribution in [0.5, 0.6) is 5.75 Å². The lowest BCUT2D eigenvalue weighted by Gasteiger charge is -2.09. The molecule has 0 unspecified atom stereocenters. The molecule has 8 nitrogen and oxygen atoms in total. The Hall–Kier alpha value is -3.02. The molecule has 3 aromatic carbocycles. The first-order chi connectivity index (χ1) is 17.6. The first-order valence-corrected chi connectivity index (χ1v) is 14.1. The van der Waals surface area contributed by atoms with Crippen LogP contribution in [0.15, 0.2) is 64.5 Å². The Bertz CT molecular complexity index is 1820. The number of fused-ring (bicyclic) bond motifs is 2. The van der Waals surface area contributed by atoms with Crippen molar-refractivity contribution in [1.29, 1.82) is 0 Å². The van der Waals surface area contributed by atoms with Gasteiger partial charge in [0, 0.05) is 30.2 Å². The summed E-state index contributed by atoms with van der Waals surface area (Å²) in [6.45, 7) is 2.07. The van der Waals surface area contributed by atoms with Crippen LogP contribution in [0.4, 0.5) is 0 Å². The molecule has 2 aromatic heterocycles. The summed E-state index contributed by atoms with van der Waals surface area (Å²) in [5, 5.41) is 2.06. The average molecular weight is 575 g/mol. The van der Waals surface area contributed by atoms with Crippen molar-refractivity contribution >= 4 is 65.7 Å². The Morgan fingerprint density at radius 3 is 2.59 bits per heavy atom. The number of aryl methyl sites for hydroxylation is 2. The quantitative estimate of drug-likeness (QED) is 0.268. The van der Waals surface area contributed by atoms with Crippen molar-refractivity contribution in [3.63, 3.8) is 0 Å². The molecular weight excluding hydrogens is 555 g/mol. The van der Waals surface area contributed by atoms with E-state index in [0.717, 1.165) is 15.8 Å². The number of ether oxygens (including phenoxy) is 1. The predicted molar refractivity (Wildman–Crippen MR) is 147 cm³/mol. The van der Waals surface area contributed by atoms with Gasteiger partial charge in [-0.25, -0.2) is 23.1 Å². The van der Waals surface area contributed by atoms with Gasteiger partial charge >= 0.3 is 0 Å². The summed E-state index contributed by atoms with van der Waals surface area (Å²) in [4.78, 5) is 21.9. The van der Waals surface area contributed by atoms with Gasteiger partial charge in [0.05, 0.1) is 31.8 Å². The molecule has 0 aliphatic heterocycles. The predicted octanol–water partition coefficient (Wildman–Crippen LogP) is 5.18. The summed E-state index contributed by atoms with van der Waals surface area (Å²) in [5.41, 5.74) is 2.73. The van der Waals surface area contributed by atoms with Gasteiger partial charge in [0.2, 0.25) is 10.0 Å². The van der Waals surface area contributed by atoms with Crippen LogP contribution in [-0.2, 0) is 17.1 Å². The number of sulfonamides is 1. The first kappa shape index (κ1) is 25.6. The van der Waals surface area contributed by atoms with E-state index >= 15 is 0 Å². The van der Waals surface area contributed by atoms with Gasteiger partial charge in [-0.3, -0.25) is 4.79 Å². The highest BCUT2D eigenvalue weighted by atomic mass is 35.5. The zero-order valence-corrected chi connectivity index (χ0v) is 22.8. The molecule has 0 spiro atoms. The lowest BCUT2D eigenvalue weighted by Crippen LogP contribution is -2.28. The van der Waals surface area contributed by atoms with Gasteiger partial charge in [-0.15, -0.1) is 11.3 Å². The van der Waals surface area contributed by atoms with Crippen molar-refractivity contribution < 1.29 is 13.2 Å². The fourth-order valence-electron chi connectivity index (χ4n) is 3.84. The Morgan fingerprint density at radius 1 is 1.08 bits per heavy atom. The van der Waals surface area contributed by atoms with Crippen molar-refractivity contribution in [2.45, 2.75) is 11.8 Å². The normalized spacial score (nSPS) is 11.9. The van der Waals surface area contributed by atoms with Crippen LogP contribution in [0.3, 0.4) is 0 Å². The van der Waals surface area contributed by atoms with Gasteiger partial charge < -0.3 is 9.30 Å². The topological polar surface area (TPSA) is 103 Å². The summed E-state index contributed by atoms with van der Waals surface area (Å²) in [5.74, 6) is 0.486. The van der Waals surface area contributed by atoms with E-state index in [9.17, 15) is 13.2 Å². The van der Waals surface area contributed by atoms with E-state index in [-0.39, 0.29) is 23.6 Å². The van der Waals surface area contributed by atoms with E-state index in [1.165, 1.54) is 46.5 Å². The molecule has 0 saturated heterocycles. The molecule has 0 aliphatic carbocycles. The van der Waals surface area contributed by atoms with Crippen LogP contribution in [-0.4, -0.2) is 36.1 Å². The third-order valence-corrected chi connectivity index (χ3v) is 8.66. The van der Waals surface area contributed by atoms with Crippen molar-refractivity contribution in [2.24, 2.45) is 7.05 Å². The molecule has 0 amide bonds. The molecule has 5 aromatic rings. The second-order valence-corrected chi connectivity index (χ2v) is 12.0. The minimum Gasteiger partial charge on any atom is -0.492 e. The first-order valence-electron chi connectivity index (χ1n) is 11.1. The number of thiazole rings is 1. The Morgan fingerprint density at radius 2 is 1.84 bits per heavy atom. The summed E-state index contributed by atoms with van der Waals surface area (Å²) in [6, 6.07) is 13.1. The number of hydrogen-bond acceptors (Lipinski definition) is 7. The Balaban J connectivity index is 1.37. The van der Waals surface area contributed by atoms with Crippen molar-refractivity contribution in [2.75, 3.05) is 13.2 Å². The zero-order chi connectivity index (χ0) is 26.3. The maximum absolute atomic E-state index is 12.6. The highest BCUT2D eigenvalue weighted by Crippen LogP contribution is 2.38. The third kappa shape index (κ3) is 5.21. The minimum absolute atomic E-state index is 0.0600. The van der Waals surface area contributed by atoms with Gasteiger partial charge in [0.1, 0.15) is 22.9 Å². The molecule has 37 heavy (non-hydrogen) atoms. The Kier molecular flexibility index (Phi) is 6.95. The fourth-order valence-corrected chi connectivity index (χ4v) is 6.32. The summed E-state index contributed by atoms with van der Waals surface area (Å²) in [6.07, 6.45) is 1.50. The third-order valence-electron chi connectivity index (χ3n) is 5.60. The number of hydrogen-bond donors (Lipinski definition) is 1. The van der Waals surface area contributed by atoms with Crippen LogP contribution in [0.25, 0.3) is 31.7 Å². The van der Waals surface area contributed by atoms with E-state index < -0.39 is 10.0 Å². The van der Waals surface area contributed by atoms with Gasteiger partial charge in [-0.05, 0) is 55.0 Å². The standard InChI is InChI=1S/C25H20Cl2N4O4S2/c1-14-9-18(22-19(10-14)25(32)31(2)13-28-22)24-30-23-20(27)11-16(12-21(23)36-24)35-8-7-29-37(33,34)17-5-3-15(26)4-6-17/h3-6,9-13,29H,7-8H2,1-2H3. The molecule has 5 rings (SSSR count). The summed E-state index contributed by atoms with van der Waals surface area (Å²) >= 11 is 13.7. The van der Waals surface area contributed by atoms with E-state index in [1.807, 2.05) is 19.1 Å². The second kappa shape index (κ2) is 10.0. The van der Waals surface area contributed by atoms with E-state index in [2.05, 4.69) is 9.71 Å². The van der Waals surface area contributed by atoms with E-state index in [1.54, 1.807) is 19.2 Å². The molecule has 0 aliphatic rings. The fraction of sp³-hybridized carbons (Fsp3) is 0.160. The molecular formula is C25H20Cl2N4O4S2. The minimum atomic E-state index is -3.68. The smallest absolute Gasteiger partial charge is 0.260 e. The number of aromatic nitrogens is 3. The molecule has 0 bridgehead atoms. The highest BCUT2D eigenvalue weighted by Gasteiger charge is 2.17. The van der Waals surface area contributed by atoms with E-state index in [0.29, 0.717) is 37.2 Å². The molecule has 190 valence electrons. The number of rotatable bonds is 7. The van der Waals surface area contributed by atoms with Crippen LogP contribution in [0.2, 0.25) is 10.0 Å². The summed E-state index contributed by atoms with van der Waals surface area (Å²) in [7, 11) is -2.02. The van der Waals surface area contributed by atoms with Gasteiger partial charge in [-0.1, -0.05) is 23.2 Å². The molecule has 0 atom stereocenters. The maximum atomic E-state index is 12.6. The molecule has 1 N–H and O–H groups in total. The lowest BCUT2D eigenvalue weighted by atomic mass is 10.1. The van der Waals surface area contributed by atoms with Crippen LogP contribution < -0.4 is 15.0 Å². The molecule has 12 heteroatoms. The maximum Gasteiger partial charge on any atom is 0.260 e. The zero-order valence-electron chi connectivity index (χ0n) is 19.7. The van der Waals surface area contributed by atoms with Gasteiger partial charge in [-0.2, -0.15) is 0 Å². The molecule has 0 fully saturated rings.